The van der Waals surface area contributed by atoms with Gasteiger partial charge in [-0.3, -0.25) is 0 Å². The fraction of sp³-hybridized carbons (Fsp3) is 0.600. The van der Waals surface area contributed by atoms with E-state index in [2.05, 4.69) is 16.7 Å². The number of likely N-dealkylation sites (tertiary alicyclic amines) is 1. The smallest absolute Gasteiger partial charge is 0.211 e. The van der Waals surface area contributed by atoms with Crippen LogP contribution in [0, 0.1) is 0 Å². The molecule has 0 bridgehead atoms. The Hall–Kier alpha value is -0.910. The topological polar surface area (TPSA) is 49.4 Å². The summed E-state index contributed by atoms with van der Waals surface area (Å²) in [5, 5.41) is 0. The van der Waals surface area contributed by atoms with Crippen molar-refractivity contribution < 1.29 is 8.42 Å². The second-order valence-corrected chi connectivity index (χ2v) is 7.48. The van der Waals surface area contributed by atoms with Gasteiger partial charge >= 0.3 is 0 Å². The van der Waals surface area contributed by atoms with Crippen molar-refractivity contribution in [3.8, 4) is 0 Å². The summed E-state index contributed by atoms with van der Waals surface area (Å²) >= 11 is 0. The molecule has 2 rings (SSSR count). The lowest BCUT2D eigenvalue weighted by Gasteiger charge is -2.29. The zero-order valence-corrected chi connectivity index (χ0v) is 12.9. The summed E-state index contributed by atoms with van der Waals surface area (Å²) in [4.78, 5) is 2.24. The Kier molecular flexibility index (Phi) is 5.57. The third-order valence-electron chi connectivity index (χ3n) is 3.79. The number of sulfonamides is 1. The van der Waals surface area contributed by atoms with Crippen LogP contribution >= 0.6 is 0 Å². The second kappa shape index (κ2) is 7.20. The van der Waals surface area contributed by atoms with Crippen molar-refractivity contribution in [2.45, 2.75) is 31.7 Å². The molecule has 1 aliphatic heterocycles. The van der Waals surface area contributed by atoms with Crippen LogP contribution < -0.4 is 4.72 Å². The molecule has 1 aromatic rings. The maximum atomic E-state index is 12.0. The summed E-state index contributed by atoms with van der Waals surface area (Å²) in [5.74, 6) is 0.217. The van der Waals surface area contributed by atoms with Gasteiger partial charge in [-0.15, -0.1) is 0 Å². The third kappa shape index (κ3) is 5.23. The van der Waals surface area contributed by atoms with Gasteiger partial charge in [0.2, 0.25) is 10.0 Å². The first-order valence-corrected chi connectivity index (χ1v) is 8.93. The highest BCUT2D eigenvalue weighted by atomic mass is 32.2. The van der Waals surface area contributed by atoms with Crippen molar-refractivity contribution in [1.82, 2.24) is 9.62 Å². The summed E-state index contributed by atoms with van der Waals surface area (Å²) in [7, 11) is -1.06. The van der Waals surface area contributed by atoms with Gasteiger partial charge < -0.3 is 4.90 Å². The molecule has 1 saturated heterocycles. The van der Waals surface area contributed by atoms with E-state index in [9.17, 15) is 8.42 Å². The first-order chi connectivity index (χ1) is 9.55. The van der Waals surface area contributed by atoms with Gasteiger partial charge in [0.25, 0.3) is 0 Å². The maximum Gasteiger partial charge on any atom is 0.211 e. The molecule has 1 heterocycles. The Morgan fingerprint density at radius 3 is 2.50 bits per heavy atom. The van der Waals surface area contributed by atoms with E-state index in [0.717, 1.165) is 32.4 Å². The first kappa shape index (κ1) is 15.5. The fourth-order valence-electron chi connectivity index (χ4n) is 2.55. The van der Waals surface area contributed by atoms with Gasteiger partial charge in [-0.25, -0.2) is 13.1 Å². The minimum atomic E-state index is -3.14. The molecule has 1 aromatic carbocycles. The zero-order valence-electron chi connectivity index (χ0n) is 12.1. The average Bonchev–Trinajstić information content (AvgIpc) is 2.42. The largest absolute Gasteiger partial charge is 0.306 e. The van der Waals surface area contributed by atoms with Gasteiger partial charge in [0.15, 0.2) is 0 Å². The van der Waals surface area contributed by atoms with E-state index >= 15 is 0 Å². The highest BCUT2D eigenvalue weighted by Crippen LogP contribution is 2.10. The highest BCUT2D eigenvalue weighted by molar-refractivity contribution is 7.89. The number of piperidine rings is 1. The van der Waals surface area contributed by atoms with E-state index in [4.69, 9.17) is 0 Å². The van der Waals surface area contributed by atoms with E-state index in [-0.39, 0.29) is 11.8 Å². The average molecular weight is 296 g/mol. The van der Waals surface area contributed by atoms with E-state index < -0.39 is 10.0 Å². The number of aryl methyl sites for hydroxylation is 1. The van der Waals surface area contributed by atoms with E-state index in [0.29, 0.717) is 6.42 Å². The van der Waals surface area contributed by atoms with Crippen molar-refractivity contribution in [3.63, 3.8) is 0 Å². The van der Waals surface area contributed by atoms with Gasteiger partial charge in [0, 0.05) is 6.04 Å². The Morgan fingerprint density at radius 2 is 1.85 bits per heavy atom. The molecule has 1 N–H and O–H groups in total. The van der Waals surface area contributed by atoms with Gasteiger partial charge in [-0.05, 0) is 51.4 Å². The minimum absolute atomic E-state index is 0.118. The molecule has 0 radical (unpaired) electrons. The Labute approximate surface area is 122 Å². The van der Waals surface area contributed by atoms with Crippen molar-refractivity contribution in [3.05, 3.63) is 35.9 Å². The predicted octanol–water partition coefficient (Wildman–Crippen LogP) is 1.63. The van der Waals surface area contributed by atoms with Crippen LogP contribution in [0.3, 0.4) is 0 Å². The molecule has 0 unspecified atom stereocenters. The molecule has 1 aliphatic rings. The van der Waals surface area contributed by atoms with Crippen LogP contribution in [0.15, 0.2) is 30.3 Å². The van der Waals surface area contributed by atoms with Crippen molar-refractivity contribution in [1.29, 1.82) is 0 Å². The SMILES string of the molecule is CN1CCC(NS(=O)(=O)CCCc2ccccc2)CC1. The van der Waals surface area contributed by atoms with E-state index in [1.165, 1.54) is 5.56 Å². The van der Waals surface area contributed by atoms with Gasteiger partial charge in [0.1, 0.15) is 0 Å². The highest BCUT2D eigenvalue weighted by Gasteiger charge is 2.21. The molecule has 1 fully saturated rings. The predicted molar refractivity (Wildman–Crippen MR) is 82.2 cm³/mol. The van der Waals surface area contributed by atoms with Crippen molar-refractivity contribution in [2.75, 3.05) is 25.9 Å². The van der Waals surface area contributed by atoms with Crippen molar-refractivity contribution >= 4 is 10.0 Å². The lowest BCUT2D eigenvalue weighted by atomic mass is 10.1. The first-order valence-electron chi connectivity index (χ1n) is 7.28. The van der Waals surface area contributed by atoms with Crippen LogP contribution in [0.4, 0.5) is 0 Å². The number of hydrogen-bond acceptors (Lipinski definition) is 3. The van der Waals surface area contributed by atoms with Gasteiger partial charge in [0.05, 0.1) is 5.75 Å². The van der Waals surface area contributed by atoms with E-state index in [1.54, 1.807) is 0 Å². The van der Waals surface area contributed by atoms with Crippen LogP contribution in [-0.4, -0.2) is 45.2 Å². The number of benzene rings is 1. The molecular formula is C15H24N2O2S. The normalized spacial score (nSPS) is 18.2. The standard InChI is InChI=1S/C15H24N2O2S/c1-17-11-9-15(10-12-17)16-20(18,19)13-5-8-14-6-3-2-4-7-14/h2-4,6-7,15-16H,5,8-13H2,1H3. The van der Waals surface area contributed by atoms with Crippen LogP contribution in [0.1, 0.15) is 24.8 Å². The number of nitrogens with one attached hydrogen (secondary N) is 1. The zero-order chi connectivity index (χ0) is 14.4. The molecule has 4 nitrogen and oxygen atoms in total. The summed E-state index contributed by atoms with van der Waals surface area (Å²) in [6.07, 6.45) is 3.31. The maximum absolute atomic E-state index is 12.0. The molecule has 5 heteroatoms. The molecule has 0 amide bonds. The summed E-state index contributed by atoms with van der Waals surface area (Å²) < 4.78 is 26.9. The number of hydrogen-bond donors (Lipinski definition) is 1. The quantitative estimate of drug-likeness (QED) is 0.868. The Bertz CT molecular complexity index is 494. The van der Waals surface area contributed by atoms with Gasteiger partial charge in [-0.2, -0.15) is 0 Å². The van der Waals surface area contributed by atoms with Crippen LogP contribution in [-0.2, 0) is 16.4 Å². The summed E-state index contributed by atoms with van der Waals surface area (Å²) in [5.41, 5.74) is 1.20. The second-order valence-electron chi connectivity index (χ2n) is 5.60. The number of nitrogens with zero attached hydrogens (tertiary/aromatic N) is 1. The fourth-order valence-corrected chi connectivity index (χ4v) is 3.94. The molecule has 0 atom stereocenters. The van der Waals surface area contributed by atoms with Crippen LogP contribution in [0.5, 0.6) is 0 Å². The molecular weight excluding hydrogens is 272 g/mol. The lowest BCUT2D eigenvalue weighted by Crippen LogP contribution is -2.44. The van der Waals surface area contributed by atoms with Gasteiger partial charge in [-0.1, -0.05) is 30.3 Å². The molecule has 0 aromatic heterocycles. The molecule has 0 saturated carbocycles. The molecule has 112 valence electrons. The lowest BCUT2D eigenvalue weighted by molar-refractivity contribution is 0.248. The molecule has 0 aliphatic carbocycles. The summed E-state index contributed by atoms with van der Waals surface area (Å²) in [6.45, 7) is 1.94. The summed E-state index contributed by atoms with van der Waals surface area (Å²) in [6, 6.07) is 10.1. The third-order valence-corrected chi connectivity index (χ3v) is 5.30. The molecule has 20 heavy (non-hydrogen) atoms. The molecule has 0 spiro atoms. The van der Waals surface area contributed by atoms with E-state index in [1.807, 2.05) is 30.3 Å². The van der Waals surface area contributed by atoms with Crippen LogP contribution in [0.25, 0.3) is 0 Å². The Morgan fingerprint density at radius 1 is 1.20 bits per heavy atom. The van der Waals surface area contributed by atoms with Crippen LogP contribution in [0.2, 0.25) is 0 Å². The van der Waals surface area contributed by atoms with Crippen molar-refractivity contribution in [2.24, 2.45) is 0 Å². The minimum Gasteiger partial charge on any atom is -0.306 e. The number of rotatable bonds is 6. The monoisotopic (exact) mass is 296 g/mol. The Balaban J connectivity index is 1.74.